The minimum absolute atomic E-state index is 0.0718. The molecule has 3 heteroatoms. The van der Waals surface area contributed by atoms with Crippen LogP contribution in [0.3, 0.4) is 0 Å². The molecule has 0 aromatic carbocycles. The number of carboxylic acids is 1. The number of hydrogen-bond acceptors (Lipinski definition) is 2. The van der Waals surface area contributed by atoms with Crippen molar-refractivity contribution in [1.29, 1.82) is 0 Å². The highest BCUT2D eigenvalue weighted by Gasteiger charge is 2.13. The van der Waals surface area contributed by atoms with E-state index in [2.05, 4.69) is 0 Å². The highest BCUT2D eigenvalue weighted by atomic mass is 16.4. The Hall–Kier alpha value is -0.830. The minimum Gasteiger partial charge on any atom is -0.478 e. The predicted molar refractivity (Wildman–Crippen MR) is 37.7 cm³/mol. The van der Waals surface area contributed by atoms with Crippen LogP contribution in [0.15, 0.2) is 11.6 Å². The van der Waals surface area contributed by atoms with Gasteiger partial charge >= 0.3 is 5.97 Å². The zero-order valence-corrected chi connectivity index (χ0v) is 6.16. The lowest BCUT2D eigenvalue weighted by Crippen LogP contribution is -2.16. The highest BCUT2D eigenvalue weighted by Crippen LogP contribution is 2.05. The van der Waals surface area contributed by atoms with E-state index in [4.69, 9.17) is 10.2 Å². The van der Waals surface area contributed by atoms with Gasteiger partial charge in [0.1, 0.15) is 0 Å². The summed E-state index contributed by atoms with van der Waals surface area (Å²) in [5.41, 5.74) is 0.0718. The average Bonchev–Trinajstić information content (AvgIpc) is 1.88. The summed E-state index contributed by atoms with van der Waals surface area (Å²) in [5.74, 6) is -1.04. The first kappa shape index (κ1) is 9.17. The van der Waals surface area contributed by atoms with Crippen LogP contribution in [0, 0.1) is 0 Å². The van der Waals surface area contributed by atoms with Crippen LogP contribution in [0.4, 0.5) is 0 Å². The maximum Gasteiger partial charge on any atom is 0.333 e. The Kier molecular flexibility index (Phi) is 3.72. The molecule has 58 valence electrons. The second-order valence-corrected chi connectivity index (χ2v) is 1.97. The number of aliphatic hydroxyl groups is 1. The maximum atomic E-state index is 10.3. The Morgan fingerprint density at radius 2 is 2.20 bits per heavy atom. The summed E-state index contributed by atoms with van der Waals surface area (Å²) in [4.78, 5) is 10.3. The van der Waals surface area contributed by atoms with Gasteiger partial charge in [-0.05, 0) is 13.3 Å². The van der Waals surface area contributed by atoms with Crippen LogP contribution in [-0.2, 0) is 4.79 Å². The van der Waals surface area contributed by atoms with Crippen molar-refractivity contribution in [3.8, 4) is 0 Å². The SMILES string of the molecule is C/C=C(/C(=O)O)C(O)CC. The molecule has 3 nitrogen and oxygen atoms in total. The van der Waals surface area contributed by atoms with Gasteiger partial charge in [0.25, 0.3) is 0 Å². The van der Waals surface area contributed by atoms with Crippen molar-refractivity contribution in [3.05, 3.63) is 11.6 Å². The van der Waals surface area contributed by atoms with Gasteiger partial charge in [0.2, 0.25) is 0 Å². The molecule has 0 spiro atoms. The highest BCUT2D eigenvalue weighted by molar-refractivity contribution is 5.87. The van der Waals surface area contributed by atoms with Gasteiger partial charge in [-0.1, -0.05) is 13.0 Å². The summed E-state index contributed by atoms with van der Waals surface area (Å²) in [6.45, 7) is 3.33. The Bertz CT molecular complexity index is 149. The lowest BCUT2D eigenvalue weighted by Gasteiger charge is -2.06. The summed E-state index contributed by atoms with van der Waals surface area (Å²) in [6, 6.07) is 0. The molecule has 10 heavy (non-hydrogen) atoms. The maximum absolute atomic E-state index is 10.3. The molecular formula is C7H12O3. The zero-order chi connectivity index (χ0) is 8.15. The molecule has 2 N–H and O–H groups in total. The molecule has 0 rings (SSSR count). The fourth-order valence-electron chi connectivity index (χ4n) is 0.678. The van der Waals surface area contributed by atoms with Gasteiger partial charge in [0.15, 0.2) is 0 Å². The molecule has 0 bridgehead atoms. The first-order valence-electron chi connectivity index (χ1n) is 3.21. The van der Waals surface area contributed by atoms with E-state index in [0.717, 1.165) is 0 Å². The second-order valence-electron chi connectivity index (χ2n) is 1.97. The van der Waals surface area contributed by atoms with E-state index in [1.807, 2.05) is 0 Å². The van der Waals surface area contributed by atoms with Crippen LogP contribution in [0.1, 0.15) is 20.3 Å². The number of aliphatic carboxylic acids is 1. The lowest BCUT2D eigenvalue weighted by molar-refractivity contribution is -0.133. The number of rotatable bonds is 3. The third-order valence-electron chi connectivity index (χ3n) is 1.30. The summed E-state index contributed by atoms with van der Waals surface area (Å²) in [6.07, 6.45) is 1.02. The minimum atomic E-state index is -1.04. The Labute approximate surface area is 60.0 Å². The van der Waals surface area contributed by atoms with Gasteiger partial charge in [-0.3, -0.25) is 0 Å². The normalized spacial score (nSPS) is 14.9. The molecule has 0 aromatic rings. The molecule has 0 fully saturated rings. The van der Waals surface area contributed by atoms with Gasteiger partial charge in [0.05, 0.1) is 11.7 Å². The summed E-state index contributed by atoms with van der Waals surface area (Å²) < 4.78 is 0. The molecule has 0 aliphatic heterocycles. The van der Waals surface area contributed by atoms with E-state index >= 15 is 0 Å². The van der Waals surface area contributed by atoms with E-state index in [-0.39, 0.29) is 5.57 Å². The molecule has 0 aliphatic carbocycles. The van der Waals surface area contributed by atoms with Crippen molar-refractivity contribution >= 4 is 5.97 Å². The predicted octanol–water partition coefficient (Wildman–Crippen LogP) is 0.788. The monoisotopic (exact) mass is 144 g/mol. The third kappa shape index (κ3) is 2.19. The van der Waals surface area contributed by atoms with Crippen LogP contribution in [0.5, 0.6) is 0 Å². The topological polar surface area (TPSA) is 57.5 Å². The summed E-state index contributed by atoms with van der Waals surface area (Å²) in [5, 5.41) is 17.5. The quantitative estimate of drug-likeness (QED) is 0.576. The number of carbonyl (C=O) groups is 1. The molecule has 0 amide bonds. The van der Waals surface area contributed by atoms with Crippen LogP contribution in [0.2, 0.25) is 0 Å². The summed E-state index contributed by atoms with van der Waals surface area (Å²) >= 11 is 0. The number of allylic oxidation sites excluding steroid dienone is 1. The van der Waals surface area contributed by atoms with Gasteiger partial charge in [-0.25, -0.2) is 4.79 Å². The van der Waals surface area contributed by atoms with E-state index in [0.29, 0.717) is 6.42 Å². The van der Waals surface area contributed by atoms with Crippen LogP contribution >= 0.6 is 0 Å². The fraction of sp³-hybridized carbons (Fsp3) is 0.571. The zero-order valence-electron chi connectivity index (χ0n) is 6.16. The van der Waals surface area contributed by atoms with Gasteiger partial charge in [-0.2, -0.15) is 0 Å². The van der Waals surface area contributed by atoms with Crippen molar-refractivity contribution < 1.29 is 15.0 Å². The molecular weight excluding hydrogens is 132 g/mol. The first-order valence-corrected chi connectivity index (χ1v) is 3.21. The number of hydrogen-bond donors (Lipinski definition) is 2. The van der Waals surface area contributed by atoms with Crippen LogP contribution < -0.4 is 0 Å². The fourth-order valence-corrected chi connectivity index (χ4v) is 0.678. The van der Waals surface area contributed by atoms with Crippen LogP contribution in [-0.4, -0.2) is 22.3 Å². The standard InChI is InChI=1S/C7H12O3/c1-3-5(7(9)10)6(8)4-2/h3,6,8H,4H2,1-2H3,(H,9,10)/b5-3+. The van der Waals surface area contributed by atoms with Crippen LogP contribution in [0.25, 0.3) is 0 Å². The molecule has 0 heterocycles. The van der Waals surface area contributed by atoms with E-state index < -0.39 is 12.1 Å². The molecule has 0 aliphatic rings. The summed E-state index contributed by atoms with van der Waals surface area (Å²) in [7, 11) is 0. The van der Waals surface area contributed by atoms with E-state index in [1.54, 1.807) is 13.8 Å². The van der Waals surface area contributed by atoms with Crippen molar-refractivity contribution in [1.82, 2.24) is 0 Å². The van der Waals surface area contributed by atoms with E-state index in [1.165, 1.54) is 6.08 Å². The Balaban J connectivity index is 4.23. The molecule has 0 saturated carbocycles. The average molecular weight is 144 g/mol. The van der Waals surface area contributed by atoms with Crippen molar-refractivity contribution in [2.45, 2.75) is 26.4 Å². The van der Waals surface area contributed by atoms with Gasteiger partial charge in [-0.15, -0.1) is 0 Å². The van der Waals surface area contributed by atoms with Crippen molar-refractivity contribution in [2.75, 3.05) is 0 Å². The molecule has 0 saturated heterocycles. The van der Waals surface area contributed by atoms with Crippen molar-refractivity contribution in [2.24, 2.45) is 0 Å². The lowest BCUT2D eigenvalue weighted by atomic mass is 10.1. The molecule has 1 atom stereocenters. The number of aliphatic hydroxyl groups excluding tert-OH is 1. The molecule has 1 unspecified atom stereocenters. The molecule has 0 radical (unpaired) electrons. The molecule has 0 aromatic heterocycles. The Morgan fingerprint density at radius 3 is 2.30 bits per heavy atom. The van der Waals surface area contributed by atoms with Gasteiger partial charge in [0, 0.05) is 0 Å². The smallest absolute Gasteiger partial charge is 0.333 e. The third-order valence-corrected chi connectivity index (χ3v) is 1.30. The second kappa shape index (κ2) is 4.06. The van der Waals surface area contributed by atoms with Crippen molar-refractivity contribution in [3.63, 3.8) is 0 Å². The number of carboxylic acid groups (broad SMARTS) is 1. The van der Waals surface area contributed by atoms with E-state index in [9.17, 15) is 4.79 Å². The largest absolute Gasteiger partial charge is 0.478 e. The Morgan fingerprint density at radius 1 is 1.70 bits per heavy atom. The van der Waals surface area contributed by atoms with Gasteiger partial charge < -0.3 is 10.2 Å². The first-order chi connectivity index (χ1) is 4.63.